The van der Waals surface area contributed by atoms with Crippen molar-refractivity contribution in [1.82, 2.24) is 0 Å². The molecule has 4 nitrogen and oxygen atoms in total. The second-order valence-electron chi connectivity index (χ2n) is 6.67. The summed E-state index contributed by atoms with van der Waals surface area (Å²) in [7, 11) is 0. The number of hydrogen-bond acceptors (Lipinski definition) is 4. The van der Waals surface area contributed by atoms with E-state index in [-0.39, 0.29) is 0 Å². The van der Waals surface area contributed by atoms with E-state index in [1.165, 1.54) is 16.8 Å². The van der Waals surface area contributed by atoms with Gasteiger partial charge in [0.05, 0.1) is 5.88 Å². The van der Waals surface area contributed by atoms with Crippen molar-refractivity contribution in [2.75, 3.05) is 28.8 Å². The average Bonchev–Trinajstić information content (AvgIpc) is 2.69. The number of amidine groups is 1. The van der Waals surface area contributed by atoms with Gasteiger partial charge in [-0.05, 0) is 69.0 Å². The molecule has 2 N–H and O–H groups in total. The Hall–Kier alpha value is -2.14. The van der Waals surface area contributed by atoms with Crippen LogP contribution < -0.4 is 15.6 Å². The minimum absolute atomic E-state index is 0.493. The molecule has 0 heterocycles. The zero-order valence-electron chi connectivity index (χ0n) is 17.2. The molecule has 5 heteroatoms. The van der Waals surface area contributed by atoms with Crippen molar-refractivity contribution in [2.24, 2.45) is 10.9 Å². The van der Waals surface area contributed by atoms with E-state index in [0.29, 0.717) is 5.88 Å². The van der Waals surface area contributed by atoms with Gasteiger partial charge in [-0.3, -0.25) is 0 Å². The second kappa shape index (κ2) is 9.70. The molecular formula is C22H32N4S. The van der Waals surface area contributed by atoms with Crippen LogP contribution in [0.4, 0.5) is 11.4 Å². The Labute approximate surface area is 169 Å². The summed E-state index contributed by atoms with van der Waals surface area (Å²) >= 11 is 4.59. The molecule has 0 aliphatic heterocycles. The van der Waals surface area contributed by atoms with Gasteiger partial charge in [0, 0.05) is 30.0 Å². The first-order chi connectivity index (χ1) is 13.0. The predicted molar refractivity (Wildman–Crippen MR) is 122 cm³/mol. The third kappa shape index (κ3) is 4.59. The highest BCUT2D eigenvalue weighted by Crippen LogP contribution is 2.28. The van der Waals surface area contributed by atoms with Crippen LogP contribution in [0.5, 0.6) is 0 Å². The van der Waals surface area contributed by atoms with Crippen LogP contribution in [-0.2, 0) is 6.42 Å². The van der Waals surface area contributed by atoms with Crippen molar-refractivity contribution in [1.29, 1.82) is 0 Å². The van der Waals surface area contributed by atoms with Crippen LogP contribution in [0.2, 0.25) is 0 Å². The number of hydrazone groups is 1. The highest BCUT2D eigenvalue weighted by molar-refractivity contribution is 7.80. The first-order valence-electron chi connectivity index (χ1n) is 9.62. The monoisotopic (exact) mass is 384 g/mol. The highest BCUT2D eigenvalue weighted by atomic mass is 32.1. The minimum atomic E-state index is 0.493. The summed E-state index contributed by atoms with van der Waals surface area (Å²) in [5.74, 6) is 7.10. The average molecular weight is 385 g/mol. The quantitative estimate of drug-likeness (QED) is 0.181. The van der Waals surface area contributed by atoms with E-state index in [1.54, 1.807) is 0 Å². The molecule has 146 valence electrons. The third-order valence-corrected chi connectivity index (χ3v) is 5.36. The smallest absolute Gasteiger partial charge is 0.160 e. The fourth-order valence-electron chi connectivity index (χ4n) is 3.36. The van der Waals surface area contributed by atoms with Crippen molar-refractivity contribution < 1.29 is 0 Å². The molecule has 27 heavy (non-hydrogen) atoms. The van der Waals surface area contributed by atoms with Gasteiger partial charge in [-0.1, -0.05) is 25.1 Å². The lowest BCUT2D eigenvalue weighted by atomic mass is 10.0. The second-order valence-corrected chi connectivity index (χ2v) is 6.95. The first-order valence-corrected chi connectivity index (χ1v) is 10.3. The standard InChI is InChI=1S/C22H32N4S/c1-6-18-11-9-16(4)20(13-18)22(24-23)26(15-27)19-12-10-17(5)21(14-19)25(7-2)8-3/h9-14,27H,6-8,15,23H2,1-5H3/b24-22-. The maximum atomic E-state index is 5.86. The van der Waals surface area contributed by atoms with E-state index in [2.05, 4.69) is 98.5 Å². The summed E-state index contributed by atoms with van der Waals surface area (Å²) in [6.07, 6.45) is 0.975. The van der Waals surface area contributed by atoms with Gasteiger partial charge >= 0.3 is 0 Å². The largest absolute Gasteiger partial charge is 0.372 e. The summed E-state index contributed by atoms with van der Waals surface area (Å²) in [6, 6.07) is 12.9. The molecule has 0 bridgehead atoms. The fourth-order valence-corrected chi connectivity index (χ4v) is 3.65. The molecule has 0 atom stereocenters. The van der Waals surface area contributed by atoms with Crippen LogP contribution in [0.15, 0.2) is 41.5 Å². The zero-order valence-corrected chi connectivity index (χ0v) is 18.1. The lowest BCUT2D eigenvalue weighted by molar-refractivity contribution is 0.861. The molecule has 0 radical (unpaired) electrons. The maximum absolute atomic E-state index is 5.86. The van der Waals surface area contributed by atoms with E-state index in [4.69, 9.17) is 5.84 Å². The van der Waals surface area contributed by atoms with E-state index >= 15 is 0 Å². The molecule has 0 unspecified atom stereocenters. The zero-order chi connectivity index (χ0) is 20.0. The van der Waals surface area contributed by atoms with Gasteiger partial charge in [-0.2, -0.15) is 17.7 Å². The Morgan fingerprint density at radius 1 is 1.00 bits per heavy atom. The van der Waals surface area contributed by atoms with Crippen molar-refractivity contribution in [3.05, 3.63) is 58.7 Å². The summed E-state index contributed by atoms with van der Waals surface area (Å²) < 4.78 is 0. The van der Waals surface area contributed by atoms with E-state index in [9.17, 15) is 0 Å². The summed E-state index contributed by atoms with van der Waals surface area (Å²) in [6.45, 7) is 12.7. The first kappa shape index (κ1) is 21.2. The number of nitrogens with two attached hydrogens (primary N) is 1. The molecule has 2 aromatic rings. The molecule has 0 saturated heterocycles. The summed E-state index contributed by atoms with van der Waals surface area (Å²) in [5, 5.41) is 4.16. The fraction of sp³-hybridized carbons (Fsp3) is 0.409. The molecule has 0 amide bonds. The Bertz CT molecular complexity index is 797. The van der Waals surface area contributed by atoms with Crippen LogP contribution in [-0.4, -0.2) is 24.8 Å². The number of thiol groups is 1. The van der Waals surface area contributed by atoms with Crippen LogP contribution in [0.1, 0.15) is 43.0 Å². The molecule has 0 aromatic heterocycles. The Balaban J connectivity index is 2.53. The Kier molecular flexibility index (Phi) is 7.60. The number of nitrogens with zero attached hydrogens (tertiary/aromatic N) is 3. The van der Waals surface area contributed by atoms with Gasteiger partial charge in [0.2, 0.25) is 0 Å². The molecule has 0 aliphatic carbocycles. The maximum Gasteiger partial charge on any atom is 0.160 e. The van der Waals surface area contributed by atoms with Crippen molar-refractivity contribution in [3.8, 4) is 0 Å². The number of anilines is 2. The van der Waals surface area contributed by atoms with E-state index < -0.39 is 0 Å². The van der Waals surface area contributed by atoms with Crippen LogP contribution in [0, 0.1) is 13.8 Å². The van der Waals surface area contributed by atoms with Gasteiger partial charge in [0.15, 0.2) is 5.84 Å². The SMILES string of the molecule is CCc1ccc(C)c(/C(=N/N)N(CS)c2ccc(C)c(N(CC)CC)c2)c1. The van der Waals surface area contributed by atoms with Gasteiger partial charge in [-0.15, -0.1) is 0 Å². The highest BCUT2D eigenvalue weighted by Gasteiger charge is 2.18. The Morgan fingerprint density at radius 2 is 1.67 bits per heavy atom. The van der Waals surface area contributed by atoms with Crippen molar-refractivity contribution in [3.63, 3.8) is 0 Å². The minimum Gasteiger partial charge on any atom is -0.372 e. The molecule has 0 saturated carbocycles. The van der Waals surface area contributed by atoms with Crippen molar-refractivity contribution >= 4 is 29.8 Å². The lowest BCUT2D eigenvalue weighted by Gasteiger charge is -2.29. The van der Waals surface area contributed by atoms with Gasteiger partial charge in [0.25, 0.3) is 0 Å². The summed E-state index contributed by atoms with van der Waals surface area (Å²) in [5.41, 5.74) is 7.01. The van der Waals surface area contributed by atoms with Crippen LogP contribution >= 0.6 is 12.6 Å². The number of rotatable bonds is 7. The molecule has 0 spiro atoms. The normalized spacial score (nSPS) is 11.6. The van der Waals surface area contributed by atoms with Crippen LogP contribution in [0.3, 0.4) is 0 Å². The molecule has 0 fully saturated rings. The van der Waals surface area contributed by atoms with Gasteiger partial charge < -0.3 is 15.6 Å². The Morgan fingerprint density at radius 3 is 2.22 bits per heavy atom. The van der Waals surface area contributed by atoms with Gasteiger partial charge in [0.1, 0.15) is 0 Å². The van der Waals surface area contributed by atoms with E-state index in [1.807, 2.05) is 0 Å². The number of benzene rings is 2. The molecule has 2 aromatic carbocycles. The number of aryl methyl sites for hydroxylation is 3. The number of hydrogen-bond donors (Lipinski definition) is 2. The molecule has 2 rings (SSSR count). The van der Waals surface area contributed by atoms with Crippen molar-refractivity contribution in [2.45, 2.75) is 41.0 Å². The third-order valence-electron chi connectivity index (χ3n) is 5.08. The molecular weight excluding hydrogens is 352 g/mol. The van der Waals surface area contributed by atoms with Gasteiger partial charge in [-0.25, -0.2) is 0 Å². The van der Waals surface area contributed by atoms with E-state index in [0.717, 1.165) is 42.2 Å². The van der Waals surface area contributed by atoms with Crippen LogP contribution in [0.25, 0.3) is 0 Å². The molecule has 0 aliphatic rings. The lowest BCUT2D eigenvalue weighted by Crippen LogP contribution is -2.33. The topological polar surface area (TPSA) is 44.9 Å². The predicted octanol–water partition coefficient (Wildman–Crippen LogP) is 4.73. The summed E-state index contributed by atoms with van der Waals surface area (Å²) in [4.78, 5) is 4.43.